The number of carboxylic acid groups (broad SMARTS) is 1. The Labute approximate surface area is 98.3 Å². The number of nitrogens with two attached hydrogens (primary N) is 1. The minimum absolute atomic E-state index is 0.114. The van der Waals surface area contributed by atoms with Crippen LogP contribution in [-0.2, 0) is 11.2 Å². The van der Waals surface area contributed by atoms with Crippen LogP contribution in [0.1, 0.15) is 12.5 Å². The van der Waals surface area contributed by atoms with Gasteiger partial charge in [-0.3, -0.25) is 4.79 Å². The number of carbonyl (C=O) groups is 1. The third-order valence-corrected chi connectivity index (χ3v) is 2.26. The summed E-state index contributed by atoms with van der Waals surface area (Å²) in [6.45, 7) is 1.31. The van der Waals surface area contributed by atoms with Crippen LogP contribution in [0.3, 0.4) is 0 Å². The third kappa shape index (κ3) is 3.43. The smallest absolute Gasteiger partial charge is 0.537 e. The highest BCUT2D eigenvalue weighted by atomic mass is 19.1. The van der Waals surface area contributed by atoms with E-state index in [0.717, 1.165) is 6.07 Å². The summed E-state index contributed by atoms with van der Waals surface area (Å²) in [5.74, 6) is -1.73. The Morgan fingerprint density at radius 1 is 1.65 bits per heavy atom. The van der Waals surface area contributed by atoms with Gasteiger partial charge in [0.1, 0.15) is 17.1 Å². The summed E-state index contributed by atoms with van der Waals surface area (Å²) >= 11 is 0. The second kappa shape index (κ2) is 5.16. The average Bonchev–Trinajstić information content (AvgIpc) is 2.22. The Balaban J connectivity index is 2.90. The van der Waals surface area contributed by atoms with E-state index in [1.54, 1.807) is 0 Å². The quantitative estimate of drug-likeness (QED) is 0.633. The Kier molecular flexibility index (Phi) is 4.09. The first-order valence-corrected chi connectivity index (χ1v) is 4.80. The Hall–Kier alpha value is -1.60. The zero-order chi connectivity index (χ0) is 13.1. The van der Waals surface area contributed by atoms with Crippen LogP contribution in [0, 0.1) is 5.82 Å². The molecule has 1 radical (unpaired) electrons. The molecular weight excluding hydrogens is 228 g/mol. The minimum atomic E-state index is -1.54. The number of halogens is 1. The van der Waals surface area contributed by atoms with Crippen LogP contribution < -0.4 is 10.4 Å². The van der Waals surface area contributed by atoms with E-state index < -0.39 is 17.3 Å². The van der Waals surface area contributed by atoms with Crippen LogP contribution in [0.4, 0.5) is 4.39 Å². The van der Waals surface area contributed by atoms with E-state index in [0.29, 0.717) is 7.69 Å². The minimum Gasteiger partial charge on any atom is -0.537 e. The van der Waals surface area contributed by atoms with Gasteiger partial charge in [-0.2, -0.15) is 0 Å². The molecule has 5 nitrogen and oxygen atoms in total. The maximum absolute atomic E-state index is 13.5. The predicted octanol–water partition coefficient (Wildman–Crippen LogP) is 0.0755. The van der Waals surface area contributed by atoms with E-state index in [1.807, 2.05) is 0 Å². The average molecular weight is 240 g/mol. The van der Waals surface area contributed by atoms with Crippen LogP contribution in [0.2, 0.25) is 0 Å². The van der Waals surface area contributed by atoms with Crippen LogP contribution in [0.15, 0.2) is 18.2 Å². The molecule has 0 amide bonds. The largest absolute Gasteiger partial charge is 0.569 e. The molecule has 0 saturated carbocycles. The second-order valence-electron chi connectivity index (χ2n) is 3.88. The van der Waals surface area contributed by atoms with Crippen LogP contribution in [0.5, 0.6) is 5.75 Å². The van der Waals surface area contributed by atoms with Crippen molar-refractivity contribution in [1.29, 1.82) is 0 Å². The monoisotopic (exact) mass is 240 g/mol. The number of carboxylic acids is 1. The van der Waals surface area contributed by atoms with Gasteiger partial charge in [-0.1, -0.05) is 6.07 Å². The summed E-state index contributed by atoms with van der Waals surface area (Å²) in [7, 11) is 0.429. The SMILES string of the molecule is C[C@](N)(Cc1ccc(O[B]O)cc1F)C(=O)O. The summed E-state index contributed by atoms with van der Waals surface area (Å²) in [6.07, 6.45) is -0.142. The summed E-state index contributed by atoms with van der Waals surface area (Å²) in [4.78, 5) is 10.8. The summed E-state index contributed by atoms with van der Waals surface area (Å²) < 4.78 is 18.1. The first kappa shape index (κ1) is 13.5. The molecule has 0 aromatic heterocycles. The van der Waals surface area contributed by atoms with E-state index in [1.165, 1.54) is 19.1 Å². The normalized spacial score (nSPS) is 13.9. The van der Waals surface area contributed by atoms with E-state index in [9.17, 15) is 9.18 Å². The number of aliphatic carboxylic acids is 1. The maximum atomic E-state index is 13.5. The molecule has 0 unspecified atom stereocenters. The number of rotatable bonds is 5. The van der Waals surface area contributed by atoms with Gasteiger partial charge in [-0.15, -0.1) is 0 Å². The highest BCUT2D eigenvalue weighted by molar-refractivity contribution is 6.17. The van der Waals surface area contributed by atoms with Crippen LogP contribution >= 0.6 is 0 Å². The van der Waals surface area contributed by atoms with Crippen molar-refractivity contribution in [1.82, 2.24) is 0 Å². The van der Waals surface area contributed by atoms with Crippen molar-refractivity contribution in [2.75, 3.05) is 0 Å². The zero-order valence-electron chi connectivity index (χ0n) is 9.18. The first-order valence-electron chi connectivity index (χ1n) is 4.80. The molecular formula is C10H12BFNO4. The molecule has 0 aliphatic heterocycles. The van der Waals surface area contributed by atoms with Crippen LogP contribution in [0.25, 0.3) is 0 Å². The van der Waals surface area contributed by atoms with Gasteiger partial charge in [0, 0.05) is 12.5 Å². The molecule has 0 saturated heterocycles. The van der Waals surface area contributed by atoms with Crippen LogP contribution in [-0.4, -0.2) is 29.3 Å². The Morgan fingerprint density at radius 3 is 2.76 bits per heavy atom. The van der Waals surface area contributed by atoms with Crippen molar-refractivity contribution in [3.63, 3.8) is 0 Å². The molecule has 1 aromatic rings. The molecule has 0 aliphatic carbocycles. The van der Waals surface area contributed by atoms with E-state index >= 15 is 0 Å². The van der Waals surface area contributed by atoms with Gasteiger partial charge in [0.25, 0.3) is 0 Å². The molecule has 1 aromatic carbocycles. The summed E-state index contributed by atoms with van der Waals surface area (Å²) in [6, 6.07) is 3.81. The molecule has 0 fully saturated rings. The van der Waals surface area contributed by atoms with Gasteiger partial charge in [0.2, 0.25) is 0 Å². The maximum Gasteiger partial charge on any atom is 0.569 e. The van der Waals surface area contributed by atoms with Crippen molar-refractivity contribution < 1.29 is 24.0 Å². The molecule has 17 heavy (non-hydrogen) atoms. The van der Waals surface area contributed by atoms with Crippen molar-refractivity contribution in [2.45, 2.75) is 18.9 Å². The molecule has 0 aliphatic rings. The fourth-order valence-electron chi connectivity index (χ4n) is 1.28. The van der Waals surface area contributed by atoms with Crippen molar-refractivity contribution in [2.24, 2.45) is 5.73 Å². The highest BCUT2D eigenvalue weighted by Gasteiger charge is 2.29. The van der Waals surface area contributed by atoms with E-state index in [4.69, 9.17) is 15.9 Å². The van der Waals surface area contributed by atoms with Gasteiger partial charge in [0.05, 0.1) is 0 Å². The lowest BCUT2D eigenvalue weighted by Crippen LogP contribution is -2.47. The molecule has 0 heterocycles. The van der Waals surface area contributed by atoms with Crippen molar-refractivity contribution >= 4 is 13.7 Å². The highest BCUT2D eigenvalue weighted by Crippen LogP contribution is 2.20. The summed E-state index contributed by atoms with van der Waals surface area (Å²) in [5.41, 5.74) is 4.15. The number of benzene rings is 1. The lowest BCUT2D eigenvalue weighted by Gasteiger charge is -2.19. The van der Waals surface area contributed by atoms with Gasteiger partial charge >= 0.3 is 13.7 Å². The molecule has 91 valence electrons. The third-order valence-electron chi connectivity index (χ3n) is 2.26. The molecule has 1 rings (SSSR count). The van der Waals surface area contributed by atoms with Gasteiger partial charge in [-0.25, -0.2) is 4.39 Å². The molecule has 7 heteroatoms. The second-order valence-corrected chi connectivity index (χ2v) is 3.88. The fraction of sp³-hybridized carbons (Fsp3) is 0.300. The van der Waals surface area contributed by atoms with Gasteiger partial charge < -0.3 is 20.5 Å². The molecule has 0 bridgehead atoms. The Morgan fingerprint density at radius 2 is 2.29 bits per heavy atom. The lowest BCUT2D eigenvalue weighted by molar-refractivity contribution is -0.142. The molecule has 4 N–H and O–H groups in total. The van der Waals surface area contributed by atoms with E-state index in [-0.39, 0.29) is 17.7 Å². The zero-order valence-corrected chi connectivity index (χ0v) is 9.18. The lowest BCUT2D eigenvalue weighted by atomic mass is 9.94. The molecule has 1 atom stereocenters. The standard InChI is InChI=1S/C10H12BFNO4/c1-10(13,9(14)15)5-6-2-3-7(17-11-16)4-8(6)12/h2-4,16H,5,13H2,1H3,(H,14,15)/t10-/m0/s1. The van der Waals surface area contributed by atoms with Crippen molar-refractivity contribution in [3.05, 3.63) is 29.6 Å². The topological polar surface area (TPSA) is 92.8 Å². The van der Waals surface area contributed by atoms with Gasteiger partial charge in [-0.05, 0) is 18.6 Å². The Bertz CT molecular complexity index is 425. The first-order chi connectivity index (χ1) is 7.86. The van der Waals surface area contributed by atoms with E-state index in [2.05, 4.69) is 4.65 Å². The summed E-state index contributed by atoms with van der Waals surface area (Å²) in [5, 5.41) is 17.2. The number of hydrogen-bond acceptors (Lipinski definition) is 4. The number of hydrogen-bond donors (Lipinski definition) is 3. The predicted molar refractivity (Wildman–Crippen MR) is 58.9 cm³/mol. The fourth-order valence-corrected chi connectivity index (χ4v) is 1.28. The molecule has 0 spiro atoms. The van der Waals surface area contributed by atoms with Gasteiger partial charge in [0.15, 0.2) is 0 Å². The van der Waals surface area contributed by atoms with Crippen molar-refractivity contribution in [3.8, 4) is 5.75 Å².